The standard InChI is InChI=1S/C7H8FNO3S.C6H5FN4.C6H7FN2.C6H6FNO.C5H3BrFN.C5H5FN2/c1-13(10,11)12-5-7-3-2-6(8)4-9-7;7-5-1-2-6(9-3-5)4-10-11-8;7-5-1-2-6(3-8)9-4-5;7-5-1-2-6(4-9)8-3-5;6-5-2-1-4(7)3-8-5;6-4-1-2-5(7)8-3-4/h2-4H,5H2,1H3;1-3H,4H2;1-2,4H,3,8H2;1-3,9H,4H2;1-3H;1-3H,(H2,7,8). The molecule has 6 aromatic rings. The van der Waals surface area contributed by atoms with E-state index in [1.807, 2.05) is 0 Å². The highest BCUT2D eigenvalue weighted by Gasteiger charge is 2.03. The van der Waals surface area contributed by atoms with Crippen molar-refractivity contribution in [2.45, 2.75) is 26.3 Å². The molecule has 5 N–H and O–H groups in total. The average molecular weight is 899 g/mol. The number of nitrogen functional groups attached to an aromatic ring is 1. The number of aliphatic hydroxyl groups excluding tert-OH is 1. The molecule has 0 aliphatic carbocycles. The Balaban J connectivity index is 0.000000351. The maximum Gasteiger partial charge on any atom is 0.264 e. The van der Waals surface area contributed by atoms with Crippen LogP contribution in [0.1, 0.15) is 22.8 Å². The largest absolute Gasteiger partial charge is 0.390 e. The van der Waals surface area contributed by atoms with Crippen molar-refractivity contribution in [3.8, 4) is 0 Å². The minimum atomic E-state index is -3.47. The van der Waals surface area contributed by atoms with Gasteiger partial charge in [0.15, 0.2) is 0 Å². The van der Waals surface area contributed by atoms with Gasteiger partial charge in [0.2, 0.25) is 0 Å². The SMILES string of the molecule is CS(=O)(=O)OCc1ccc(F)cn1.Fc1ccc(Br)nc1.NCc1ccc(F)cn1.Nc1ccc(F)cn1.OCc1ccc(F)cn1.[N-]=[N+]=NCc1ccc(F)cn1. The molecule has 0 aliphatic rings. The number of azide groups is 1. The molecule has 6 aromatic heterocycles. The second-order valence-electron chi connectivity index (χ2n) is 10.3. The van der Waals surface area contributed by atoms with Crippen molar-refractivity contribution >= 4 is 31.9 Å². The third-order valence-electron chi connectivity index (χ3n) is 5.68. The van der Waals surface area contributed by atoms with Crippen molar-refractivity contribution in [2.75, 3.05) is 12.0 Å². The van der Waals surface area contributed by atoms with Gasteiger partial charge >= 0.3 is 0 Å². The Bertz CT molecular complexity index is 2050. The summed E-state index contributed by atoms with van der Waals surface area (Å²) in [7, 11) is -3.47. The molecule has 0 unspecified atom stereocenters. The van der Waals surface area contributed by atoms with E-state index in [0.29, 0.717) is 39.7 Å². The van der Waals surface area contributed by atoms with Gasteiger partial charge in [0, 0.05) is 17.2 Å². The van der Waals surface area contributed by atoms with Crippen molar-refractivity contribution in [1.82, 2.24) is 29.9 Å². The molecule has 6 rings (SSSR count). The molecule has 0 saturated heterocycles. The van der Waals surface area contributed by atoms with E-state index in [1.165, 1.54) is 60.7 Å². The second kappa shape index (κ2) is 28.3. The summed E-state index contributed by atoms with van der Waals surface area (Å²) in [5, 5.41) is 11.7. The number of rotatable bonds is 7. The smallest absolute Gasteiger partial charge is 0.264 e. The van der Waals surface area contributed by atoms with Crippen molar-refractivity contribution in [3.05, 3.63) is 183 Å². The number of hydrogen-bond donors (Lipinski definition) is 3. The van der Waals surface area contributed by atoms with E-state index < -0.39 is 21.8 Å². The summed E-state index contributed by atoms with van der Waals surface area (Å²) in [4.78, 5) is 24.2. The zero-order valence-corrected chi connectivity index (χ0v) is 32.5. The van der Waals surface area contributed by atoms with Gasteiger partial charge in [-0.1, -0.05) is 5.11 Å². The maximum absolute atomic E-state index is 12.3. The first kappa shape index (κ1) is 49.9. The van der Waals surface area contributed by atoms with E-state index in [9.17, 15) is 34.8 Å². The number of halogens is 7. The average Bonchev–Trinajstić information content (AvgIpc) is 3.21. The van der Waals surface area contributed by atoms with Crippen LogP contribution in [0.5, 0.6) is 0 Å². The summed E-state index contributed by atoms with van der Waals surface area (Å²) in [5.41, 5.74) is 20.4. The minimum absolute atomic E-state index is 0.139. The van der Waals surface area contributed by atoms with Crippen LogP contribution in [-0.2, 0) is 40.6 Å². The molecular formula is C35H34BrF6N11O4S. The fourth-order valence-electron chi connectivity index (χ4n) is 3.04. The van der Waals surface area contributed by atoms with Gasteiger partial charge < -0.3 is 16.6 Å². The Morgan fingerprint density at radius 1 is 0.655 bits per heavy atom. The summed E-state index contributed by atoms with van der Waals surface area (Å²) in [6.07, 6.45) is 7.49. The van der Waals surface area contributed by atoms with Crippen molar-refractivity contribution in [1.29, 1.82) is 0 Å². The summed E-state index contributed by atoms with van der Waals surface area (Å²) < 4.78 is 98.9. The molecule has 23 heteroatoms. The Morgan fingerprint density at radius 2 is 1.05 bits per heavy atom. The number of aromatic nitrogens is 6. The minimum Gasteiger partial charge on any atom is -0.390 e. The van der Waals surface area contributed by atoms with Crippen molar-refractivity contribution in [2.24, 2.45) is 10.8 Å². The highest BCUT2D eigenvalue weighted by atomic mass is 79.9. The maximum atomic E-state index is 12.3. The molecule has 0 atom stereocenters. The second-order valence-corrected chi connectivity index (χ2v) is 12.7. The molecule has 15 nitrogen and oxygen atoms in total. The third-order valence-corrected chi connectivity index (χ3v) is 6.70. The normalized spacial score (nSPS) is 9.76. The van der Waals surface area contributed by atoms with E-state index in [0.717, 1.165) is 43.4 Å². The lowest BCUT2D eigenvalue weighted by Crippen LogP contribution is -2.03. The number of aliphatic hydroxyl groups is 1. The lowest BCUT2D eigenvalue weighted by molar-refractivity contribution is 0.276. The Morgan fingerprint density at radius 3 is 1.36 bits per heavy atom. The number of pyridine rings is 6. The summed E-state index contributed by atoms with van der Waals surface area (Å²) in [6.45, 7) is 0.219. The zero-order chi connectivity index (χ0) is 43.3. The van der Waals surface area contributed by atoms with Gasteiger partial charge in [-0.25, -0.2) is 36.3 Å². The molecule has 6 heterocycles. The van der Waals surface area contributed by atoms with Crippen molar-refractivity contribution in [3.63, 3.8) is 0 Å². The molecule has 0 spiro atoms. The van der Waals surface area contributed by atoms with E-state index in [-0.39, 0.29) is 43.0 Å². The van der Waals surface area contributed by atoms with Crippen LogP contribution < -0.4 is 11.5 Å². The Kier molecular flexibility index (Phi) is 24.4. The van der Waals surface area contributed by atoms with Gasteiger partial charge in [0.25, 0.3) is 10.1 Å². The predicted molar refractivity (Wildman–Crippen MR) is 204 cm³/mol. The highest BCUT2D eigenvalue weighted by molar-refractivity contribution is 9.10. The van der Waals surface area contributed by atoms with Gasteiger partial charge in [-0.15, -0.1) is 0 Å². The fourth-order valence-corrected chi connectivity index (χ4v) is 3.60. The first-order valence-electron chi connectivity index (χ1n) is 15.8. The lowest BCUT2D eigenvalue weighted by Gasteiger charge is -1.99. The van der Waals surface area contributed by atoms with Gasteiger partial charge in [0.05, 0.1) is 73.7 Å². The Hall–Kier alpha value is -6.10. The lowest BCUT2D eigenvalue weighted by atomic mass is 10.3. The summed E-state index contributed by atoms with van der Waals surface area (Å²) in [6, 6.07) is 16.5. The molecule has 0 amide bonds. The van der Waals surface area contributed by atoms with Gasteiger partial charge in [0.1, 0.15) is 51.9 Å². The van der Waals surface area contributed by atoms with E-state index >= 15 is 0 Å². The zero-order valence-electron chi connectivity index (χ0n) is 30.1. The number of nitrogens with zero attached hydrogens (tertiary/aromatic N) is 9. The molecule has 0 bridgehead atoms. The molecule has 0 saturated carbocycles. The number of nitrogens with two attached hydrogens (primary N) is 2. The van der Waals surface area contributed by atoms with Crippen LogP contribution in [0.2, 0.25) is 0 Å². The summed E-state index contributed by atoms with van der Waals surface area (Å²) in [5.74, 6) is -1.91. The monoisotopic (exact) mass is 897 g/mol. The van der Waals surface area contributed by atoms with Crippen LogP contribution >= 0.6 is 15.9 Å². The number of hydrogen-bond acceptors (Lipinski definition) is 13. The summed E-state index contributed by atoms with van der Waals surface area (Å²) >= 11 is 3.07. The van der Waals surface area contributed by atoms with Gasteiger partial charge in [-0.2, -0.15) is 8.42 Å². The van der Waals surface area contributed by atoms with E-state index in [1.54, 1.807) is 12.1 Å². The van der Waals surface area contributed by atoms with Crippen LogP contribution in [-0.4, -0.2) is 49.7 Å². The topological polar surface area (TPSA) is 242 Å². The molecule has 0 radical (unpaired) electrons. The van der Waals surface area contributed by atoms with Crippen LogP contribution in [0.25, 0.3) is 10.4 Å². The quantitative estimate of drug-likeness (QED) is 0.0370. The molecule has 0 aliphatic heterocycles. The van der Waals surface area contributed by atoms with Crippen LogP contribution in [0.4, 0.5) is 32.2 Å². The van der Waals surface area contributed by atoms with Crippen LogP contribution in [0.3, 0.4) is 0 Å². The van der Waals surface area contributed by atoms with E-state index in [4.69, 9.17) is 22.1 Å². The van der Waals surface area contributed by atoms with E-state index in [2.05, 4.69) is 60.0 Å². The van der Waals surface area contributed by atoms with Gasteiger partial charge in [-0.05, 0) is 94.3 Å². The van der Waals surface area contributed by atoms with Crippen LogP contribution in [0, 0.1) is 34.9 Å². The Labute approximate surface area is 336 Å². The molecule has 0 fully saturated rings. The fraction of sp³-hybridized carbons (Fsp3) is 0.143. The highest BCUT2D eigenvalue weighted by Crippen LogP contribution is 2.05. The van der Waals surface area contributed by atoms with Crippen LogP contribution in [0.15, 0.2) is 120 Å². The molecule has 0 aromatic carbocycles. The number of anilines is 1. The van der Waals surface area contributed by atoms with Gasteiger partial charge in [-0.3, -0.25) is 24.1 Å². The van der Waals surface area contributed by atoms with Crippen molar-refractivity contribution < 1.29 is 44.0 Å². The molecule has 308 valence electrons. The first-order valence-corrected chi connectivity index (χ1v) is 18.4. The molecule has 58 heavy (non-hydrogen) atoms. The molecular weight excluding hydrogens is 864 g/mol. The first-order chi connectivity index (χ1) is 27.5. The third kappa shape index (κ3) is 25.9. The predicted octanol–water partition coefficient (Wildman–Crippen LogP) is 6.91.